The Morgan fingerprint density at radius 2 is 2.05 bits per heavy atom. The third kappa shape index (κ3) is 4.83. The molecule has 1 aromatic heterocycles. The van der Waals surface area contributed by atoms with Crippen molar-refractivity contribution in [2.24, 2.45) is 0 Å². The van der Waals surface area contributed by atoms with Crippen LogP contribution in [0, 0.1) is 13.8 Å². The van der Waals surface area contributed by atoms with E-state index in [2.05, 4.69) is 37.4 Å². The molecule has 108 valence electrons. The molecule has 1 heterocycles. The van der Waals surface area contributed by atoms with E-state index in [4.69, 9.17) is 9.15 Å². The molecule has 3 nitrogen and oxygen atoms in total. The lowest BCUT2D eigenvalue weighted by Crippen LogP contribution is -2.16. The van der Waals surface area contributed by atoms with E-state index in [1.54, 1.807) is 6.26 Å². The number of nitrogens with one attached hydrogen (secondary N) is 1. The molecule has 20 heavy (non-hydrogen) atoms. The molecule has 0 atom stereocenters. The van der Waals surface area contributed by atoms with Gasteiger partial charge in [-0.3, -0.25) is 0 Å². The van der Waals surface area contributed by atoms with E-state index in [0.717, 1.165) is 31.9 Å². The molecule has 0 unspecified atom stereocenters. The van der Waals surface area contributed by atoms with Crippen LogP contribution in [0.2, 0.25) is 0 Å². The van der Waals surface area contributed by atoms with Gasteiger partial charge in [0.25, 0.3) is 0 Å². The van der Waals surface area contributed by atoms with Crippen LogP contribution in [0.3, 0.4) is 0 Å². The Morgan fingerprint density at radius 3 is 2.80 bits per heavy atom. The molecule has 3 heteroatoms. The van der Waals surface area contributed by atoms with Gasteiger partial charge in [-0.25, -0.2) is 0 Å². The lowest BCUT2D eigenvalue weighted by molar-refractivity contribution is 0.104. The van der Waals surface area contributed by atoms with Crippen molar-refractivity contribution in [3.05, 3.63) is 59.0 Å². The highest BCUT2D eigenvalue weighted by atomic mass is 16.5. The standard InChI is InChI=1S/C17H23NO2/c1-14-6-7-16(11-15(14)2)12-18-8-4-9-19-13-17-5-3-10-20-17/h3,5-7,10-11,18H,4,8-9,12-13H2,1-2H3. The molecule has 0 aliphatic carbocycles. The molecule has 0 aliphatic heterocycles. The predicted octanol–water partition coefficient (Wildman–Crippen LogP) is 3.59. The zero-order valence-corrected chi connectivity index (χ0v) is 12.3. The van der Waals surface area contributed by atoms with Gasteiger partial charge >= 0.3 is 0 Å². The van der Waals surface area contributed by atoms with Crippen LogP contribution in [0.5, 0.6) is 0 Å². The minimum absolute atomic E-state index is 0.560. The smallest absolute Gasteiger partial charge is 0.129 e. The van der Waals surface area contributed by atoms with E-state index in [9.17, 15) is 0 Å². The largest absolute Gasteiger partial charge is 0.467 e. The minimum atomic E-state index is 0.560. The SMILES string of the molecule is Cc1ccc(CNCCCOCc2ccco2)cc1C. The molecular weight excluding hydrogens is 250 g/mol. The van der Waals surface area contributed by atoms with Crippen molar-refractivity contribution >= 4 is 0 Å². The maximum absolute atomic E-state index is 5.53. The molecule has 0 aliphatic rings. The first-order valence-corrected chi connectivity index (χ1v) is 7.12. The Bertz CT molecular complexity index is 506. The van der Waals surface area contributed by atoms with Crippen LogP contribution in [0.25, 0.3) is 0 Å². The number of hydrogen-bond acceptors (Lipinski definition) is 3. The number of aryl methyl sites for hydroxylation is 2. The molecular formula is C17H23NO2. The molecule has 0 fully saturated rings. The fraction of sp³-hybridized carbons (Fsp3) is 0.412. The Hall–Kier alpha value is -1.58. The first-order valence-electron chi connectivity index (χ1n) is 7.12. The fourth-order valence-corrected chi connectivity index (χ4v) is 2.01. The molecule has 0 radical (unpaired) electrons. The Morgan fingerprint density at radius 1 is 1.15 bits per heavy atom. The number of benzene rings is 1. The summed E-state index contributed by atoms with van der Waals surface area (Å²) >= 11 is 0. The summed E-state index contributed by atoms with van der Waals surface area (Å²) < 4.78 is 10.7. The summed E-state index contributed by atoms with van der Waals surface area (Å²) in [4.78, 5) is 0. The fourth-order valence-electron chi connectivity index (χ4n) is 2.01. The lowest BCUT2D eigenvalue weighted by atomic mass is 10.1. The van der Waals surface area contributed by atoms with E-state index in [1.165, 1.54) is 16.7 Å². The maximum atomic E-state index is 5.53. The summed E-state index contributed by atoms with van der Waals surface area (Å²) in [6, 6.07) is 10.4. The first kappa shape index (κ1) is 14.8. The van der Waals surface area contributed by atoms with Crippen LogP contribution >= 0.6 is 0 Å². The predicted molar refractivity (Wildman–Crippen MR) is 80.6 cm³/mol. The van der Waals surface area contributed by atoms with Gasteiger partial charge in [-0.2, -0.15) is 0 Å². The van der Waals surface area contributed by atoms with Crippen LogP contribution in [0.4, 0.5) is 0 Å². The molecule has 0 saturated heterocycles. The van der Waals surface area contributed by atoms with Gasteiger partial charge in [0, 0.05) is 13.2 Å². The molecule has 0 spiro atoms. The summed E-state index contributed by atoms with van der Waals surface area (Å²) in [7, 11) is 0. The van der Waals surface area contributed by atoms with Crippen molar-refractivity contribution in [2.45, 2.75) is 33.4 Å². The van der Waals surface area contributed by atoms with Crippen LogP contribution in [-0.2, 0) is 17.9 Å². The highest BCUT2D eigenvalue weighted by molar-refractivity contribution is 5.29. The van der Waals surface area contributed by atoms with Gasteiger partial charge < -0.3 is 14.5 Å². The van der Waals surface area contributed by atoms with E-state index < -0.39 is 0 Å². The zero-order valence-electron chi connectivity index (χ0n) is 12.3. The van der Waals surface area contributed by atoms with Crippen molar-refractivity contribution in [3.63, 3.8) is 0 Å². The van der Waals surface area contributed by atoms with E-state index >= 15 is 0 Å². The average Bonchev–Trinajstić information content (AvgIpc) is 2.95. The highest BCUT2D eigenvalue weighted by Crippen LogP contribution is 2.09. The topological polar surface area (TPSA) is 34.4 Å². The quantitative estimate of drug-likeness (QED) is 0.746. The van der Waals surface area contributed by atoms with Crippen molar-refractivity contribution in [1.29, 1.82) is 0 Å². The molecule has 2 rings (SSSR count). The summed E-state index contributed by atoms with van der Waals surface area (Å²) in [6.07, 6.45) is 2.68. The van der Waals surface area contributed by atoms with Crippen molar-refractivity contribution in [3.8, 4) is 0 Å². The summed E-state index contributed by atoms with van der Waals surface area (Å²) in [6.45, 7) is 7.49. The minimum Gasteiger partial charge on any atom is -0.467 e. The van der Waals surface area contributed by atoms with E-state index in [0.29, 0.717) is 6.61 Å². The third-order valence-electron chi connectivity index (χ3n) is 3.37. The van der Waals surface area contributed by atoms with Crippen LogP contribution in [0.15, 0.2) is 41.0 Å². The Kier molecular flexibility index (Phi) is 5.84. The van der Waals surface area contributed by atoms with Gasteiger partial charge in [-0.15, -0.1) is 0 Å². The normalized spacial score (nSPS) is 10.9. The molecule has 0 saturated carbocycles. The van der Waals surface area contributed by atoms with E-state index in [-0.39, 0.29) is 0 Å². The Balaban J connectivity index is 1.54. The van der Waals surface area contributed by atoms with Gasteiger partial charge in [-0.05, 0) is 55.6 Å². The Labute approximate surface area is 121 Å². The second-order valence-corrected chi connectivity index (χ2v) is 5.08. The number of hydrogen-bond donors (Lipinski definition) is 1. The molecule has 0 bridgehead atoms. The van der Waals surface area contributed by atoms with Gasteiger partial charge in [0.2, 0.25) is 0 Å². The van der Waals surface area contributed by atoms with Crippen LogP contribution in [-0.4, -0.2) is 13.2 Å². The monoisotopic (exact) mass is 273 g/mol. The van der Waals surface area contributed by atoms with Gasteiger partial charge in [0.05, 0.1) is 6.26 Å². The lowest BCUT2D eigenvalue weighted by Gasteiger charge is -2.07. The molecule has 0 amide bonds. The number of rotatable bonds is 8. The summed E-state index contributed by atoms with van der Waals surface area (Å²) in [5.41, 5.74) is 4.04. The number of furan rings is 1. The van der Waals surface area contributed by atoms with Crippen molar-refractivity contribution < 1.29 is 9.15 Å². The second-order valence-electron chi connectivity index (χ2n) is 5.08. The third-order valence-corrected chi connectivity index (χ3v) is 3.37. The summed E-state index contributed by atoms with van der Waals surface area (Å²) in [5, 5.41) is 3.44. The first-order chi connectivity index (χ1) is 9.75. The molecule has 2 aromatic rings. The van der Waals surface area contributed by atoms with Crippen LogP contribution < -0.4 is 5.32 Å². The molecule has 1 aromatic carbocycles. The van der Waals surface area contributed by atoms with Crippen molar-refractivity contribution in [1.82, 2.24) is 5.32 Å². The van der Waals surface area contributed by atoms with E-state index in [1.807, 2.05) is 12.1 Å². The van der Waals surface area contributed by atoms with Crippen LogP contribution in [0.1, 0.15) is 28.9 Å². The second kappa shape index (κ2) is 7.88. The van der Waals surface area contributed by atoms with Gasteiger partial charge in [0.15, 0.2) is 0 Å². The van der Waals surface area contributed by atoms with Crippen molar-refractivity contribution in [2.75, 3.05) is 13.2 Å². The number of ether oxygens (including phenoxy) is 1. The molecule has 1 N–H and O–H groups in total. The average molecular weight is 273 g/mol. The highest BCUT2D eigenvalue weighted by Gasteiger charge is 1.97. The maximum Gasteiger partial charge on any atom is 0.129 e. The zero-order chi connectivity index (χ0) is 14.2. The summed E-state index contributed by atoms with van der Waals surface area (Å²) in [5.74, 6) is 0.882. The van der Waals surface area contributed by atoms with Gasteiger partial charge in [0.1, 0.15) is 12.4 Å². The van der Waals surface area contributed by atoms with Gasteiger partial charge in [-0.1, -0.05) is 18.2 Å².